The van der Waals surface area contributed by atoms with Crippen LogP contribution >= 0.6 is 0 Å². The zero-order valence-corrected chi connectivity index (χ0v) is 46.6. The number of aliphatic hydroxyl groups is 4. The number of carbonyl (C=O) groups is 1. The Kier molecular flexibility index (Phi) is 56.7. The number of hydrogen-bond acceptors (Lipinski definition) is 5. The van der Waals surface area contributed by atoms with Crippen molar-refractivity contribution in [1.29, 1.82) is 0 Å². The molecule has 6 nitrogen and oxygen atoms in total. The summed E-state index contributed by atoms with van der Waals surface area (Å²) in [7, 11) is 0. The van der Waals surface area contributed by atoms with Crippen LogP contribution < -0.4 is 5.32 Å². The highest BCUT2D eigenvalue weighted by molar-refractivity contribution is 5.80. The third-order valence-corrected chi connectivity index (χ3v) is 14.9. The van der Waals surface area contributed by atoms with E-state index in [-0.39, 0.29) is 0 Å². The standard InChI is InChI=1S/C63H123NO5/c1-3-5-7-9-11-13-15-17-19-20-21-22-23-24-25-26-27-28-29-30-31-32-33-34-35-36-37-38-39-40-41-43-45-47-49-51-53-55-57-61(67)63(69)64-59(58-65)62(68)60(66)56-54-52-50-48-46-44-42-18-16-14-12-10-8-6-4-2/h30-31,48,50,59-62,65-68H,3-29,32-47,49,51-58H2,1-2H3,(H,64,69)/b31-30-,50-48+. The van der Waals surface area contributed by atoms with E-state index in [0.29, 0.717) is 12.8 Å². The summed E-state index contributed by atoms with van der Waals surface area (Å²) in [6, 6.07) is -1.00. The molecule has 4 atom stereocenters. The lowest BCUT2D eigenvalue weighted by atomic mass is 10.00. The number of unbranched alkanes of at least 4 members (excludes halogenated alkanes) is 45. The number of carbonyl (C=O) groups excluding carboxylic acids is 1. The molecule has 0 saturated heterocycles. The van der Waals surface area contributed by atoms with Gasteiger partial charge in [0.05, 0.1) is 18.8 Å². The highest BCUT2D eigenvalue weighted by atomic mass is 16.3. The second kappa shape index (κ2) is 57.7. The summed E-state index contributed by atoms with van der Waals surface area (Å²) in [5, 5.41) is 43.9. The molecule has 0 heterocycles. The molecule has 410 valence electrons. The van der Waals surface area contributed by atoms with Crippen molar-refractivity contribution in [2.45, 2.75) is 366 Å². The minimum atomic E-state index is -1.28. The molecular weight excluding hydrogens is 851 g/mol. The fourth-order valence-corrected chi connectivity index (χ4v) is 9.99. The predicted octanol–water partition coefficient (Wildman–Crippen LogP) is 18.6. The first-order valence-corrected chi connectivity index (χ1v) is 31.2. The second-order valence-corrected chi connectivity index (χ2v) is 21.7. The van der Waals surface area contributed by atoms with Gasteiger partial charge in [-0.15, -0.1) is 0 Å². The third-order valence-electron chi connectivity index (χ3n) is 14.9. The van der Waals surface area contributed by atoms with Crippen molar-refractivity contribution in [3.63, 3.8) is 0 Å². The molecule has 0 saturated carbocycles. The van der Waals surface area contributed by atoms with Gasteiger partial charge in [0, 0.05) is 0 Å². The van der Waals surface area contributed by atoms with E-state index in [2.05, 4.69) is 43.5 Å². The molecule has 0 aromatic rings. The first-order valence-electron chi connectivity index (χ1n) is 31.2. The molecule has 0 rings (SSSR count). The fourth-order valence-electron chi connectivity index (χ4n) is 9.99. The number of aliphatic hydroxyl groups excluding tert-OH is 4. The lowest BCUT2D eigenvalue weighted by molar-refractivity contribution is -0.132. The van der Waals surface area contributed by atoms with Crippen LogP contribution in [0.5, 0.6) is 0 Å². The van der Waals surface area contributed by atoms with Crippen molar-refractivity contribution in [3.8, 4) is 0 Å². The Balaban J connectivity index is 3.51. The summed E-state index contributed by atoms with van der Waals surface area (Å²) in [6.07, 6.45) is 71.5. The molecule has 0 spiro atoms. The van der Waals surface area contributed by atoms with Crippen molar-refractivity contribution in [3.05, 3.63) is 24.3 Å². The molecule has 0 aliphatic heterocycles. The van der Waals surface area contributed by atoms with Gasteiger partial charge >= 0.3 is 0 Å². The first-order chi connectivity index (χ1) is 34.0. The normalized spacial score (nSPS) is 13.8. The van der Waals surface area contributed by atoms with E-state index < -0.39 is 36.9 Å². The summed E-state index contributed by atoms with van der Waals surface area (Å²) in [5.74, 6) is -0.589. The summed E-state index contributed by atoms with van der Waals surface area (Å²) in [6.45, 7) is 4.07. The third kappa shape index (κ3) is 51.5. The molecule has 0 radical (unpaired) electrons. The molecular formula is C63H123NO5. The van der Waals surface area contributed by atoms with E-state index in [9.17, 15) is 25.2 Å². The Hall–Kier alpha value is -1.21. The molecule has 6 heteroatoms. The first kappa shape index (κ1) is 67.8. The number of nitrogens with one attached hydrogen (secondary N) is 1. The topological polar surface area (TPSA) is 110 Å². The average Bonchev–Trinajstić information content (AvgIpc) is 3.35. The van der Waals surface area contributed by atoms with Crippen LogP contribution in [0.4, 0.5) is 0 Å². The monoisotopic (exact) mass is 974 g/mol. The molecule has 5 N–H and O–H groups in total. The van der Waals surface area contributed by atoms with E-state index in [1.165, 1.54) is 276 Å². The largest absolute Gasteiger partial charge is 0.394 e. The molecule has 0 fully saturated rings. The predicted molar refractivity (Wildman–Crippen MR) is 302 cm³/mol. The van der Waals surface area contributed by atoms with Crippen LogP contribution in [0.25, 0.3) is 0 Å². The van der Waals surface area contributed by atoms with E-state index in [1.54, 1.807) is 0 Å². The Morgan fingerprint density at radius 3 is 0.870 bits per heavy atom. The average molecular weight is 975 g/mol. The lowest BCUT2D eigenvalue weighted by Crippen LogP contribution is -2.53. The smallest absolute Gasteiger partial charge is 0.249 e. The van der Waals surface area contributed by atoms with Gasteiger partial charge in [-0.3, -0.25) is 4.79 Å². The maximum absolute atomic E-state index is 12.6. The van der Waals surface area contributed by atoms with E-state index in [1.807, 2.05) is 0 Å². The minimum absolute atomic E-state index is 0.366. The highest BCUT2D eigenvalue weighted by Gasteiger charge is 2.28. The van der Waals surface area contributed by atoms with Gasteiger partial charge < -0.3 is 25.7 Å². The van der Waals surface area contributed by atoms with Crippen LogP contribution in [-0.4, -0.2) is 57.3 Å². The minimum Gasteiger partial charge on any atom is -0.394 e. The highest BCUT2D eigenvalue weighted by Crippen LogP contribution is 2.18. The van der Waals surface area contributed by atoms with Crippen LogP contribution in [0.3, 0.4) is 0 Å². The van der Waals surface area contributed by atoms with Gasteiger partial charge in [-0.25, -0.2) is 0 Å². The molecule has 0 aromatic carbocycles. The Morgan fingerprint density at radius 1 is 0.348 bits per heavy atom. The number of hydrogen-bond donors (Lipinski definition) is 5. The quantitative estimate of drug-likeness (QED) is 0.0308. The van der Waals surface area contributed by atoms with Crippen molar-refractivity contribution < 1.29 is 25.2 Å². The van der Waals surface area contributed by atoms with Crippen molar-refractivity contribution >= 4 is 5.91 Å². The zero-order valence-electron chi connectivity index (χ0n) is 46.6. The maximum Gasteiger partial charge on any atom is 0.249 e. The Labute approximate surface area is 431 Å². The number of rotatable bonds is 58. The summed E-state index contributed by atoms with van der Waals surface area (Å²) in [5.41, 5.74) is 0. The van der Waals surface area contributed by atoms with E-state index >= 15 is 0 Å². The van der Waals surface area contributed by atoms with Gasteiger partial charge in [0.15, 0.2) is 0 Å². The van der Waals surface area contributed by atoms with Gasteiger partial charge in [0.25, 0.3) is 0 Å². The van der Waals surface area contributed by atoms with Gasteiger partial charge in [0.2, 0.25) is 5.91 Å². The Morgan fingerprint density at radius 2 is 0.594 bits per heavy atom. The van der Waals surface area contributed by atoms with Crippen LogP contribution in [0.2, 0.25) is 0 Å². The SMILES string of the molecule is CCCCCCCCCCCC/C=C/CCCC(O)C(O)C(CO)NC(=O)C(O)CCCCCCCCCCCCCCCCCC/C=C\CCCCCCCCCCCCCCCCCCCC. The lowest BCUT2D eigenvalue weighted by Gasteiger charge is -2.27. The van der Waals surface area contributed by atoms with Gasteiger partial charge in [-0.05, 0) is 64.2 Å². The van der Waals surface area contributed by atoms with Gasteiger partial charge in [0.1, 0.15) is 12.2 Å². The molecule has 4 unspecified atom stereocenters. The fraction of sp³-hybridized carbons (Fsp3) is 0.921. The summed E-state index contributed by atoms with van der Waals surface area (Å²) in [4.78, 5) is 12.6. The van der Waals surface area contributed by atoms with Gasteiger partial charge in [-0.1, -0.05) is 301 Å². The maximum atomic E-state index is 12.6. The van der Waals surface area contributed by atoms with Gasteiger partial charge in [-0.2, -0.15) is 0 Å². The van der Waals surface area contributed by atoms with Crippen molar-refractivity contribution in [1.82, 2.24) is 5.32 Å². The van der Waals surface area contributed by atoms with Crippen molar-refractivity contribution in [2.75, 3.05) is 6.61 Å². The summed E-state index contributed by atoms with van der Waals surface area (Å²) >= 11 is 0. The van der Waals surface area contributed by atoms with Crippen LogP contribution in [0.15, 0.2) is 24.3 Å². The number of allylic oxidation sites excluding steroid dienone is 4. The van der Waals surface area contributed by atoms with Crippen LogP contribution in [-0.2, 0) is 4.79 Å². The second-order valence-electron chi connectivity index (χ2n) is 21.7. The Bertz CT molecular complexity index is 1050. The molecule has 0 aromatic heterocycles. The molecule has 69 heavy (non-hydrogen) atoms. The number of amides is 1. The molecule has 1 amide bonds. The van der Waals surface area contributed by atoms with Crippen molar-refractivity contribution in [2.24, 2.45) is 0 Å². The van der Waals surface area contributed by atoms with E-state index in [0.717, 1.165) is 38.5 Å². The molecule has 0 aliphatic carbocycles. The zero-order chi connectivity index (χ0) is 50.2. The summed E-state index contributed by atoms with van der Waals surface area (Å²) < 4.78 is 0. The van der Waals surface area contributed by atoms with E-state index in [4.69, 9.17) is 0 Å². The molecule has 0 bridgehead atoms. The van der Waals surface area contributed by atoms with Crippen LogP contribution in [0.1, 0.15) is 341 Å². The van der Waals surface area contributed by atoms with Crippen LogP contribution in [0, 0.1) is 0 Å². The molecule has 0 aliphatic rings.